The molecular formula is C18H36N2. The normalized spacial score (nSPS) is 42.9. The molecule has 0 aliphatic heterocycles. The molecule has 0 bridgehead atoms. The number of rotatable bonds is 4. The van der Waals surface area contributed by atoms with Gasteiger partial charge < -0.3 is 10.2 Å². The van der Waals surface area contributed by atoms with Crippen LogP contribution in [-0.2, 0) is 0 Å². The number of nitrogens with zero attached hydrogens (tertiary/aromatic N) is 1. The molecular weight excluding hydrogens is 244 g/mol. The number of nitrogens with one attached hydrogen (secondary N) is 1. The first kappa shape index (κ1) is 16.3. The van der Waals surface area contributed by atoms with Crippen LogP contribution < -0.4 is 5.32 Å². The van der Waals surface area contributed by atoms with Crippen LogP contribution in [0.15, 0.2) is 0 Å². The van der Waals surface area contributed by atoms with Crippen LogP contribution in [0, 0.1) is 23.7 Å². The Bertz CT molecular complexity index is 291. The Morgan fingerprint density at radius 3 is 2.40 bits per heavy atom. The van der Waals surface area contributed by atoms with E-state index in [1.165, 1.54) is 45.1 Å². The van der Waals surface area contributed by atoms with Gasteiger partial charge >= 0.3 is 0 Å². The Hall–Kier alpha value is -0.0800. The van der Waals surface area contributed by atoms with Crippen LogP contribution in [0.4, 0.5) is 0 Å². The average Bonchev–Trinajstić information content (AvgIpc) is 2.41. The van der Waals surface area contributed by atoms with Gasteiger partial charge in [-0.15, -0.1) is 0 Å². The standard InChI is InChI=1S/C18H36N2/c1-13-7-6-8-16(10-13)20(5)12-17-15(3)9-14(2)11-18(17)19-4/h13-19H,6-12H2,1-5H3. The lowest BCUT2D eigenvalue weighted by Crippen LogP contribution is -2.49. The van der Waals surface area contributed by atoms with Crippen molar-refractivity contribution in [2.24, 2.45) is 23.7 Å². The molecule has 0 aromatic heterocycles. The summed E-state index contributed by atoms with van der Waals surface area (Å²) in [6.07, 6.45) is 8.49. The van der Waals surface area contributed by atoms with Crippen molar-refractivity contribution in [2.75, 3.05) is 20.6 Å². The maximum Gasteiger partial charge on any atom is 0.0110 e. The summed E-state index contributed by atoms with van der Waals surface area (Å²) in [7, 11) is 4.53. The second-order valence-electron chi connectivity index (χ2n) is 7.98. The topological polar surface area (TPSA) is 15.3 Å². The number of hydrogen-bond acceptors (Lipinski definition) is 2. The Morgan fingerprint density at radius 2 is 1.75 bits per heavy atom. The summed E-state index contributed by atoms with van der Waals surface area (Å²) in [5.74, 6) is 3.51. The highest BCUT2D eigenvalue weighted by atomic mass is 15.1. The molecule has 0 heterocycles. The minimum atomic E-state index is 0.720. The minimum Gasteiger partial charge on any atom is -0.317 e. The van der Waals surface area contributed by atoms with Crippen LogP contribution >= 0.6 is 0 Å². The fraction of sp³-hybridized carbons (Fsp3) is 1.00. The van der Waals surface area contributed by atoms with E-state index in [0.717, 1.165) is 35.8 Å². The van der Waals surface area contributed by atoms with E-state index in [2.05, 4.69) is 45.1 Å². The van der Waals surface area contributed by atoms with E-state index in [1.54, 1.807) is 0 Å². The van der Waals surface area contributed by atoms with E-state index in [4.69, 9.17) is 0 Å². The van der Waals surface area contributed by atoms with Gasteiger partial charge in [0.15, 0.2) is 0 Å². The molecule has 6 atom stereocenters. The van der Waals surface area contributed by atoms with Crippen LogP contribution in [0.3, 0.4) is 0 Å². The fourth-order valence-corrected chi connectivity index (χ4v) is 4.83. The number of hydrogen-bond donors (Lipinski definition) is 1. The zero-order chi connectivity index (χ0) is 14.7. The van der Waals surface area contributed by atoms with Crippen molar-refractivity contribution >= 4 is 0 Å². The predicted octanol–water partition coefficient (Wildman–Crippen LogP) is 3.77. The molecule has 2 aliphatic rings. The van der Waals surface area contributed by atoms with Gasteiger partial charge in [0.25, 0.3) is 0 Å². The third kappa shape index (κ3) is 3.98. The molecule has 2 nitrogen and oxygen atoms in total. The molecule has 0 saturated heterocycles. The zero-order valence-electron chi connectivity index (χ0n) is 14.4. The summed E-state index contributed by atoms with van der Waals surface area (Å²) in [5.41, 5.74) is 0. The molecule has 1 N–H and O–H groups in total. The first-order valence-electron chi connectivity index (χ1n) is 8.88. The lowest BCUT2D eigenvalue weighted by atomic mass is 9.72. The molecule has 2 aliphatic carbocycles. The highest BCUT2D eigenvalue weighted by Crippen LogP contribution is 2.35. The molecule has 0 spiro atoms. The summed E-state index contributed by atoms with van der Waals surface area (Å²) in [5, 5.41) is 3.61. The van der Waals surface area contributed by atoms with Gasteiger partial charge in [-0.1, -0.05) is 33.6 Å². The van der Waals surface area contributed by atoms with E-state index in [-0.39, 0.29) is 0 Å². The van der Waals surface area contributed by atoms with Crippen molar-refractivity contribution < 1.29 is 0 Å². The molecule has 0 amide bonds. The Balaban J connectivity index is 1.92. The van der Waals surface area contributed by atoms with E-state index in [9.17, 15) is 0 Å². The molecule has 0 aromatic rings. The van der Waals surface area contributed by atoms with E-state index in [1.807, 2.05) is 0 Å². The Labute approximate surface area is 126 Å². The van der Waals surface area contributed by atoms with E-state index in [0.29, 0.717) is 0 Å². The van der Waals surface area contributed by atoms with Gasteiger partial charge in [-0.3, -0.25) is 0 Å². The summed E-state index contributed by atoms with van der Waals surface area (Å²) < 4.78 is 0. The van der Waals surface area contributed by atoms with Crippen molar-refractivity contribution in [3.8, 4) is 0 Å². The van der Waals surface area contributed by atoms with Gasteiger partial charge in [0.05, 0.1) is 0 Å². The molecule has 2 rings (SSSR count). The van der Waals surface area contributed by atoms with Gasteiger partial charge in [-0.2, -0.15) is 0 Å². The van der Waals surface area contributed by atoms with Crippen LogP contribution in [0.5, 0.6) is 0 Å². The minimum absolute atomic E-state index is 0.720. The van der Waals surface area contributed by atoms with Crippen molar-refractivity contribution in [2.45, 2.75) is 71.4 Å². The van der Waals surface area contributed by atoms with Gasteiger partial charge in [0, 0.05) is 18.6 Å². The summed E-state index contributed by atoms with van der Waals surface area (Å²) in [4.78, 5) is 2.69. The van der Waals surface area contributed by atoms with E-state index < -0.39 is 0 Å². The smallest absolute Gasteiger partial charge is 0.0110 e. The predicted molar refractivity (Wildman–Crippen MR) is 87.9 cm³/mol. The molecule has 2 saturated carbocycles. The van der Waals surface area contributed by atoms with Gasteiger partial charge in [0.1, 0.15) is 0 Å². The molecule has 20 heavy (non-hydrogen) atoms. The molecule has 2 heteroatoms. The summed E-state index contributed by atoms with van der Waals surface area (Å²) >= 11 is 0. The Kier molecular flexibility index (Phi) is 5.92. The van der Waals surface area contributed by atoms with Gasteiger partial charge in [-0.05, 0) is 63.5 Å². The summed E-state index contributed by atoms with van der Waals surface area (Å²) in [6, 6.07) is 1.56. The summed E-state index contributed by atoms with van der Waals surface area (Å²) in [6.45, 7) is 8.61. The molecule has 2 fully saturated rings. The second kappa shape index (κ2) is 7.26. The SMILES string of the molecule is CNC1CC(C)CC(C)C1CN(C)C1CCCC(C)C1. The largest absolute Gasteiger partial charge is 0.317 e. The highest BCUT2D eigenvalue weighted by Gasteiger charge is 2.35. The van der Waals surface area contributed by atoms with Gasteiger partial charge in [0.2, 0.25) is 0 Å². The highest BCUT2D eigenvalue weighted by molar-refractivity contribution is 4.89. The van der Waals surface area contributed by atoms with Crippen LogP contribution in [0.2, 0.25) is 0 Å². The Morgan fingerprint density at radius 1 is 1.00 bits per heavy atom. The average molecular weight is 280 g/mol. The van der Waals surface area contributed by atoms with Crippen molar-refractivity contribution in [1.29, 1.82) is 0 Å². The van der Waals surface area contributed by atoms with Crippen LogP contribution in [-0.4, -0.2) is 37.6 Å². The van der Waals surface area contributed by atoms with Crippen LogP contribution in [0.25, 0.3) is 0 Å². The maximum absolute atomic E-state index is 3.61. The molecule has 118 valence electrons. The third-order valence-electron chi connectivity index (χ3n) is 6.08. The second-order valence-corrected chi connectivity index (χ2v) is 7.98. The monoisotopic (exact) mass is 280 g/mol. The molecule has 0 radical (unpaired) electrons. The third-order valence-corrected chi connectivity index (χ3v) is 6.08. The van der Waals surface area contributed by atoms with Gasteiger partial charge in [-0.25, -0.2) is 0 Å². The zero-order valence-corrected chi connectivity index (χ0v) is 14.4. The lowest BCUT2D eigenvalue weighted by molar-refractivity contribution is 0.0795. The maximum atomic E-state index is 3.61. The lowest BCUT2D eigenvalue weighted by Gasteiger charge is -2.43. The van der Waals surface area contributed by atoms with E-state index >= 15 is 0 Å². The molecule has 0 aromatic carbocycles. The fourth-order valence-electron chi connectivity index (χ4n) is 4.83. The van der Waals surface area contributed by atoms with Crippen molar-refractivity contribution in [3.63, 3.8) is 0 Å². The first-order valence-corrected chi connectivity index (χ1v) is 8.88. The quantitative estimate of drug-likeness (QED) is 0.843. The molecule has 6 unspecified atom stereocenters. The first-order chi connectivity index (χ1) is 9.51. The van der Waals surface area contributed by atoms with Crippen molar-refractivity contribution in [1.82, 2.24) is 10.2 Å². The van der Waals surface area contributed by atoms with Crippen molar-refractivity contribution in [3.05, 3.63) is 0 Å². The van der Waals surface area contributed by atoms with Crippen LogP contribution in [0.1, 0.15) is 59.3 Å².